The normalized spacial score (nSPS) is 11.4. The van der Waals surface area contributed by atoms with Crippen LogP contribution in [0.3, 0.4) is 0 Å². The molecule has 0 bridgehead atoms. The molecule has 3 N–H and O–H groups in total. The molecule has 7 rings (SSSR count). The first-order valence-corrected chi connectivity index (χ1v) is 19.7. The van der Waals surface area contributed by atoms with Crippen molar-refractivity contribution in [1.82, 2.24) is 19.7 Å². The van der Waals surface area contributed by atoms with Gasteiger partial charge in [-0.2, -0.15) is 14.4 Å². The number of amides is 2. The van der Waals surface area contributed by atoms with E-state index in [4.69, 9.17) is 9.84 Å². The van der Waals surface area contributed by atoms with Gasteiger partial charge in [-0.15, -0.1) is 0 Å². The Kier molecular flexibility index (Phi) is 10.1. The van der Waals surface area contributed by atoms with Gasteiger partial charge in [0.2, 0.25) is 11.8 Å². The summed E-state index contributed by atoms with van der Waals surface area (Å²) < 4.78 is 25.0. The first kappa shape index (κ1) is 35.9. The number of anilines is 4. The van der Waals surface area contributed by atoms with Gasteiger partial charge in [0.25, 0.3) is 0 Å². The van der Waals surface area contributed by atoms with E-state index < -0.39 is 15.8 Å². The zero-order valence-corrected chi connectivity index (χ0v) is 31.4. The third-order valence-corrected chi connectivity index (χ3v) is 9.11. The molecule has 0 radical (unpaired) electrons. The molecule has 12 heteroatoms. The first-order valence-electron chi connectivity index (χ1n) is 17.4. The van der Waals surface area contributed by atoms with Crippen molar-refractivity contribution in [3.63, 3.8) is 0 Å². The predicted molar refractivity (Wildman–Crippen MR) is 218 cm³/mol. The summed E-state index contributed by atoms with van der Waals surface area (Å²) in [6, 6.07) is 37.9. The summed E-state index contributed by atoms with van der Waals surface area (Å²) in [5.74, 6) is 1.99. The summed E-state index contributed by atoms with van der Waals surface area (Å²) >= 11 is 0. The molecular formula is C42H40N8O3S. The Morgan fingerprint density at radius 2 is 1.59 bits per heavy atom. The van der Waals surface area contributed by atoms with Crippen molar-refractivity contribution in [2.24, 2.45) is 4.36 Å². The van der Waals surface area contributed by atoms with E-state index in [-0.39, 0.29) is 5.92 Å². The minimum absolute atomic E-state index is 0.180. The third-order valence-electron chi connectivity index (χ3n) is 8.47. The summed E-state index contributed by atoms with van der Waals surface area (Å²) in [6.07, 6.45) is 4.86. The Balaban J connectivity index is 1.09. The highest BCUT2D eigenvalue weighted by molar-refractivity contribution is 7.92. The largest absolute Gasteiger partial charge is 0.438 e. The molecular weight excluding hydrogens is 697 g/mol. The van der Waals surface area contributed by atoms with Crippen LogP contribution in [0.5, 0.6) is 11.6 Å². The van der Waals surface area contributed by atoms with Crippen LogP contribution in [0.25, 0.3) is 27.6 Å². The number of carbonyl (C=O) groups is 1. The molecule has 2 heterocycles. The van der Waals surface area contributed by atoms with Gasteiger partial charge in [0, 0.05) is 62.6 Å². The molecule has 0 saturated carbocycles. The Morgan fingerprint density at radius 3 is 2.37 bits per heavy atom. The summed E-state index contributed by atoms with van der Waals surface area (Å²) in [4.78, 5) is 22.5. The van der Waals surface area contributed by atoms with Crippen LogP contribution in [0, 0.1) is 6.92 Å². The second-order valence-corrected chi connectivity index (χ2v) is 16.0. The van der Waals surface area contributed by atoms with Crippen LogP contribution in [-0.2, 0) is 9.73 Å². The number of aromatic nitrogens is 4. The maximum absolute atomic E-state index is 13.4. The Bertz CT molecular complexity index is 2600. The van der Waals surface area contributed by atoms with Crippen molar-refractivity contribution in [3.05, 3.63) is 139 Å². The molecule has 0 saturated heterocycles. The van der Waals surface area contributed by atoms with Crippen molar-refractivity contribution >= 4 is 55.4 Å². The second-order valence-electron chi connectivity index (χ2n) is 13.4. The smallest absolute Gasteiger partial charge is 0.324 e. The molecule has 54 heavy (non-hydrogen) atoms. The number of hydrogen-bond acceptors (Lipinski definition) is 8. The Morgan fingerprint density at radius 1 is 0.833 bits per heavy atom. The quantitative estimate of drug-likeness (QED) is 0.127. The molecule has 7 aromatic rings. The molecule has 11 nitrogen and oxygen atoms in total. The number of rotatable bonds is 10. The number of urea groups is 1. The van der Waals surface area contributed by atoms with Crippen LogP contribution in [0.1, 0.15) is 31.0 Å². The van der Waals surface area contributed by atoms with E-state index in [2.05, 4.69) is 44.1 Å². The Hall–Kier alpha value is -6.53. The van der Waals surface area contributed by atoms with Gasteiger partial charge in [-0.3, -0.25) is 5.32 Å². The topological polar surface area (TPSA) is 135 Å². The average Bonchev–Trinajstić information content (AvgIpc) is 3.57. The standard InChI is InChI=1S/C42H40N8O3S/c1-27(2)37-26-39(50(48-37)31-19-17-28(3)18-20-31)46-42(51)45-35-21-22-38(34-15-7-6-14-33(34)35)53-40-23-24-43-41(47-40)44-30-12-10-11-29(25-30)32-13-8-9-16-36(32)49-54(4,5)52/h6-27H,1-5H3,(H,43,44,47)(H2,45,46,51). The van der Waals surface area contributed by atoms with Gasteiger partial charge in [0.15, 0.2) is 0 Å². The first-order chi connectivity index (χ1) is 26.0. The van der Waals surface area contributed by atoms with E-state index in [0.29, 0.717) is 34.8 Å². The zero-order valence-electron chi connectivity index (χ0n) is 30.6. The molecule has 0 aliphatic rings. The summed E-state index contributed by atoms with van der Waals surface area (Å²) in [5, 5.41) is 15.6. The molecule has 0 fully saturated rings. The Labute approximate surface area is 314 Å². The monoisotopic (exact) mass is 736 g/mol. The van der Waals surface area contributed by atoms with Crippen molar-refractivity contribution in [3.8, 4) is 28.4 Å². The van der Waals surface area contributed by atoms with E-state index >= 15 is 0 Å². The lowest BCUT2D eigenvalue weighted by atomic mass is 10.0. The van der Waals surface area contributed by atoms with E-state index in [0.717, 1.165) is 44.5 Å². The number of carbonyl (C=O) groups excluding carboxylic acids is 1. The number of nitrogens with one attached hydrogen (secondary N) is 3. The van der Waals surface area contributed by atoms with Gasteiger partial charge in [-0.05, 0) is 60.9 Å². The van der Waals surface area contributed by atoms with Crippen molar-refractivity contribution in [1.29, 1.82) is 0 Å². The predicted octanol–water partition coefficient (Wildman–Crippen LogP) is 10.5. The molecule has 2 aromatic heterocycles. The van der Waals surface area contributed by atoms with Crippen LogP contribution in [0.15, 0.2) is 132 Å². The molecule has 0 atom stereocenters. The fourth-order valence-electron chi connectivity index (χ4n) is 5.89. The molecule has 0 unspecified atom stereocenters. The lowest BCUT2D eigenvalue weighted by molar-refractivity contribution is 0.262. The average molecular weight is 737 g/mol. The molecule has 272 valence electrons. The van der Waals surface area contributed by atoms with Crippen LogP contribution < -0.4 is 20.7 Å². The SMILES string of the molecule is Cc1ccc(-n2nc(C(C)C)cc2NC(=O)Nc2ccc(Oc3ccnc(Nc4cccc(-c5ccccc5N=S(C)(C)=O)c4)n3)c3ccccc23)cc1. The number of benzene rings is 5. The van der Waals surface area contributed by atoms with E-state index in [1.165, 1.54) is 0 Å². The number of hydrogen-bond donors (Lipinski definition) is 3. The lowest BCUT2D eigenvalue weighted by Gasteiger charge is -2.14. The minimum atomic E-state index is -2.34. The maximum Gasteiger partial charge on any atom is 0.324 e. The molecule has 0 spiro atoms. The van der Waals surface area contributed by atoms with Gasteiger partial charge in [0.1, 0.15) is 11.6 Å². The van der Waals surface area contributed by atoms with E-state index in [1.54, 1.807) is 41.6 Å². The molecule has 0 aliphatic carbocycles. The molecule has 0 aliphatic heterocycles. The summed E-state index contributed by atoms with van der Waals surface area (Å²) in [7, 11) is -2.34. The molecule has 5 aromatic carbocycles. The number of aryl methyl sites for hydroxylation is 1. The lowest BCUT2D eigenvalue weighted by Crippen LogP contribution is -2.21. The van der Waals surface area contributed by atoms with Crippen molar-refractivity contribution in [2.75, 3.05) is 28.5 Å². The van der Waals surface area contributed by atoms with E-state index in [9.17, 15) is 9.00 Å². The van der Waals surface area contributed by atoms with Gasteiger partial charge >= 0.3 is 6.03 Å². The second kappa shape index (κ2) is 15.2. The minimum Gasteiger partial charge on any atom is -0.438 e. The van der Waals surface area contributed by atoms with Gasteiger partial charge < -0.3 is 15.4 Å². The maximum atomic E-state index is 13.4. The van der Waals surface area contributed by atoms with Crippen LogP contribution in [0.2, 0.25) is 0 Å². The molecule has 2 amide bonds. The third kappa shape index (κ3) is 8.40. The highest BCUT2D eigenvalue weighted by Crippen LogP contribution is 2.35. The number of nitrogens with zero attached hydrogens (tertiary/aromatic N) is 5. The number of ether oxygens (including phenoxy) is 1. The van der Waals surface area contributed by atoms with Gasteiger partial charge in [-0.25, -0.2) is 18.7 Å². The van der Waals surface area contributed by atoms with Gasteiger partial charge in [0.05, 0.1) is 22.8 Å². The van der Waals surface area contributed by atoms with E-state index in [1.807, 2.05) is 110 Å². The van der Waals surface area contributed by atoms with Crippen LogP contribution >= 0.6 is 0 Å². The fraction of sp³-hybridized carbons (Fsp3) is 0.143. The fourth-order valence-corrected chi connectivity index (χ4v) is 6.53. The van der Waals surface area contributed by atoms with Crippen LogP contribution in [-0.4, -0.2) is 42.5 Å². The summed E-state index contributed by atoms with van der Waals surface area (Å²) in [5.41, 5.74) is 6.66. The highest BCUT2D eigenvalue weighted by Gasteiger charge is 2.17. The highest BCUT2D eigenvalue weighted by atomic mass is 32.2. The van der Waals surface area contributed by atoms with Crippen LogP contribution in [0.4, 0.5) is 33.6 Å². The van der Waals surface area contributed by atoms with Crippen molar-refractivity contribution < 1.29 is 13.7 Å². The number of fused-ring (bicyclic) bond motifs is 1. The zero-order chi connectivity index (χ0) is 37.8. The summed E-state index contributed by atoms with van der Waals surface area (Å²) in [6.45, 7) is 6.16. The van der Waals surface area contributed by atoms with Crippen molar-refractivity contribution in [2.45, 2.75) is 26.7 Å². The van der Waals surface area contributed by atoms with Gasteiger partial charge in [-0.1, -0.05) is 86.1 Å².